The van der Waals surface area contributed by atoms with E-state index in [9.17, 15) is 5.11 Å². The molecular weight excluding hydrogens is 238 g/mol. The Labute approximate surface area is 116 Å². The second-order valence-electron chi connectivity index (χ2n) is 5.77. The van der Waals surface area contributed by atoms with Gasteiger partial charge in [-0.05, 0) is 38.3 Å². The van der Waals surface area contributed by atoms with E-state index in [-0.39, 0.29) is 0 Å². The molecule has 0 spiro atoms. The van der Waals surface area contributed by atoms with Crippen LogP contribution in [0.3, 0.4) is 0 Å². The molecule has 2 N–H and O–H groups in total. The normalized spacial score (nSPS) is 18.1. The van der Waals surface area contributed by atoms with Gasteiger partial charge >= 0.3 is 0 Å². The van der Waals surface area contributed by atoms with Gasteiger partial charge in [-0.25, -0.2) is 0 Å². The predicted octanol–water partition coefficient (Wildman–Crippen LogP) is 2.51. The lowest BCUT2D eigenvalue weighted by atomic mass is 10.1. The fourth-order valence-corrected chi connectivity index (χ4v) is 2.16. The summed E-state index contributed by atoms with van der Waals surface area (Å²) in [7, 11) is 0. The van der Waals surface area contributed by atoms with Gasteiger partial charge in [0.1, 0.15) is 18.5 Å². The summed E-state index contributed by atoms with van der Waals surface area (Å²) in [6.07, 6.45) is 3.53. The van der Waals surface area contributed by atoms with E-state index in [1.165, 1.54) is 24.8 Å². The van der Waals surface area contributed by atoms with E-state index in [0.717, 1.165) is 11.7 Å². The monoisotopic (exact) mass is 263 g/mol. The Bertz CT molecular complexity index is 373. The number of hydrogen-bond donors (Lipinski definition) is 2. The third kappa shape index (κ3) is 5.62. The molecule has 0 bridgehead atoms. The molecule has 0 amide bonds. The molecule has 0 saturated heterocycles. The number of aryl methyl sites for hydroxylation is 1. The van der Waals surface area contributed by atoms with E-state index >= 15 is 0 Å². The Kier molecular flexibility index (Phi) is 5.23. The fraction of sp³-hybridized carbons (Fsp3) is 0.625. The lowest BCUT2D eigenvalue weighted by molar-refractivity contribution is 0.103. The van der Waals surface area contributed by atoms with Crippen molar-refractivity contribution in [2.24, 2.45) is 5.92 Å². The molecule has 1 fully saturated rings. The number of nitrogens with one attached hydrogen (secondary N) is 1. The van der Waals surface area contributed by atoms with Crippen LogP contribution in [0.2, 0.25) is 0 Å². The van der Waals surface area contributed by atoms with Crippen molar-refractivity contribution < 1.29 is 9.84 Å². The molecule has 1 aliphatic carbocycles. The summed E-state index contributed by atoms with van der Waals surface area (Å²) in [6, 6.07) is 8.38. The number of hydrogen-bond acceptors (Lipinski definition) is 3. The number of aliphatic hydroxyl groups is 1. The molecule has 2 atom stereocenters. The molecule has 1 aliphatic rings. The average molecular weight is 263 g/mol. The van der Waals surface area contributed by atoms with Crippen molar-refractivity contribution in [1.29, 1.82) is 0 Å². The van der Waals surface area contributed by atoms with Crippen molar-refractivity contribution >= 4 is 0 Å². The van der Waals surface area contributed by atoms with E-state index in [1.54, 1.807) is 0 Å². The van der Waals surface area contributed by atoms with Crippen LogP contribution in [0, 0.1) is 12.8 Å². The van der Waals surface area contributed by atoms with Gasteiger partial charge in [-0.2, -0.15) is 0 Å². The van der Waals surface area contributed by atoms with E-state index in [1.807, 2.05) is 31.2 Å². The first-order valence-electron chi connectivity index (χ1n) is 7.24. The maximum atomic E-state index is 9.88. The van der Waals surface area contributed by atoms with Gasteiger partial charge in [0.2, 0.25) is 0 Å². The minimum absolute atomic E-state index is 0.339. The van der Waals surface area contributed by atoms with Crippen molar-refractivity contribution in [2.45, 2.75) is 45.3 Å². The molecule has 1 saturated carbocycles. The van der Waals surface area contributed by atoms with Crippen molar-refractivity contribution in [2.75, 3.05) is 13.2 Å². The van der Waals surface area contributed by atoms with Crippen molar-refractivity contribution in [3.63, 3.8) is 0 Å². The summed E-state index contributed by atoms with van der Waals surface area (Å²) in [5, 5.41) is 13.2. The number of aliphatic hydroxyl groups excluding tert-OH is 1. The van der Waals surface area contributed by atoms with Gasteiger partial charge in [-0.3, -0.25) is 0 Å². The predicted molar refractivity (Wildman–Crippen MR) is 77.5 cm³/mol. The second kappa shape index (κ2) is 6.92. The molecule has 0 heterocycles. The van der Waals surface area contributed by atoms with Gasteiger partial charge in [0.25, 0.3) is 0 Å². The number of ether oxygens (including phenoxy) is 1. The van der Waals surface area contributed by atoms with Crippen LogP contribution >= 0.6 is 0 Å². The van der Waals surface area contributed by atoms with E-state index in [4.69, 9.17) is 4.74 Å². The van der Waals surface area contributed by atoms with Gasteiger partial charge in [0, 0.05) is 12.6 Å². The van der Waals surface area contributed by atoms with Crippen molar-refractivity contribution in [3.05, 3.63) is 29.8 Å². The van der Waals surface area contributed by atoms with E-state index in [0.29, 0.717) is 19.2 Å². The van der Waals surface area contributed by atoms with Gasteiger partial charge in [-0.15, -0.1) is 0 Å². The minimum atomic E-state index is -0.456. The molecule has 1 aromatic carbocycles. The summed E-state index contributed by atoms with van der Waals surface area (Å²) < 4.78 is 5.56. The van der Waals surface area contributed by atoms with E-state index in [2.05, 4.69) is 12.2 Å². The highest BCUT2D eigenvalue weighted by Gasteiger charge is 2.23. The zero-order valence-electron chi connectivity index (χ0n) is 11.9. The molecule has 3 heteroatoms. The van der Waals surface area contributed by atoms with Gasteiger partial charge in [-0.1, -0.05) is 30.5 Å². The third-order valence-corrected chi connectivity index (χ3v) is 3.55. The second-order valence-corrected chi connectivity index (χ2v) is 5.77. The highest BCUT2D eigenvalue weighted by Crippen LogP contribution is 2.33. The fourth-order valence-electron chi connectivity index (χ4n) is 2.16. The first kappa shape index (κ1) is 14.4. The minimum Gasteiger partial charge on any atom is -0.491 e. The standard InChI is InChI=1S/C16H25NO2/c1-12-3-7-16(8-4-12)19-11-15(18)10-17-13(2)9-14-5-6-14/h3-4,7-8,13-15,17-18H,5-6,9-11H2,1-2H3. The SMILES string of the molecule is Cc1ccc(OCC(O)CNC(C)CC2CC2)cc1. The maximum Gasteiger partial charge on any atom is 0.119 e. The maximum absolute atomic E-state index is 9.88. The van der Waals surface area contributed by atoms with Crippen LogP contribution in [-0.2, 0) is 0 Å². The summed E-state index contributed by atoms with van der Waals surface area (Å²) in [4.78, 5) is 0. The summed E-state index contributed by atoms with van der Waals surface area (Å²) in [5.74, 6) is 1.74. The zero-order valence-corrected chi connectivity index (χ0v) is 11.9. The van der Waals surface area contributed by atoms with Crippen molar-refractivity contribution in [1.82, 2.24) is 5.32 Å². The van der Waals surface area contributed by atoms with Crippen LogP contribution in [0.15, 0.2) is 24.3 Å². The van der Waals surface area contributed by atoms with Gasteiger partial charge in [0.05, 0.1) is 0 Å². The van der Waals surface area contributed by atoms with Crippen LogP contribution in [0.4, 0.5) is 0 Å². The van der Waals surface area contributed by atoms with Gasteiger partial charge < -0.3 is 15.2 Å². The first-order valence-corrected chi connectivity index (χ1v) is 7.24. The molecule has 0 aromatic heterocycles. The highest BCUT2D eigenvalue weighted by molar-refractivity contribution is 5.26. The molecule has 0 radical (unpaired) electrons. The molecule has 1 aromatic rings. The topological polar surface area (TPSA) is 41.5 Å². The third-order valence-electron chi connectivity index (χ3n) is 3.55. The zero-order chi connectivity index (χ0) is 13.7. The average Bonchev–Trinajstić information content (AvgIpc) is 3.19. The molecule has 0 aliphatic heterocycles. The van der Waals surface area contributed by atoms with Crippen molar-refractivity contribution in [3.8, 4) is 5.75 Å². The lowest BCUT2D eigenvalue weighted by Crippen LogP contribution is -2.36. The van der Waals surface area contributed by atoms with Gasteiger partial charge in [0.15, 0.2) is 0 Å². The van der Waals surface area contributed by atoms with Crippen LogP contribution < -0.4 is 10.1 Å². The first-order chi connectivity index (χ1) is 9.13. The molecule has 2 rings (SSSR count). The lowest BCUT2D eigenvalue weighted by Gasteiger charge is -2.17. The molecule has 3 nitrogen and oxygen atoms in total. The smallest absolute Gasteiger partial charge is 0.119 e. The Hall–Kier alpha value is -1.06. The summed E-state index contributed by atoms with van der Waals surface area (Å²) in [6.45, 7) is 5.17. The summed E-state index contributed by atoms with van der Waals surface area (Å²) in [5.41, 5.74) is 1.21. The highest BCUT2D eigenvalue weighted by atomic mass is 16.5. The summed E-state index contributed by atoms with van der Waals surface area (Å²) >= 11 is 0. The Morgan fingerprint density at radius 1 is 1.32 bits per heavy atom. The number of benzene rings is 1. The quantitative estimate of drug-likeness (QED) is 0.757. The molecular formula is C16H25NO2. The Balaban J connectivity index is 1.60. The Morgan fingerprint density at radius 2 is 2.00 bits per heavy atom. The largest absolute Gasteiger partial charge is 0.491 e. The van der Waals surface area contributed by atoms with Crippen LogP contribution in [0.25, 0.3) is 0 Å². The van der Waals surface area contributed by atoms with Crippen LogP contribution in [0.1, 0.15) is 31.7 Å². The molecule has 106 valence electrons. The number of rotatable bonds is 8. The van der Waals surface area contributed by atoms with Crippen LogP contribution in [-0.4, -0.2) is 30.4 Å². The molecule has 2 unspecified atom stereocenters. The van der Waals surface area contributed by atoms with Crippen LogP contribution in [0.5, 0.6) is 5.75 Å². The Morgan fingerprint density at radius 3 is 2.63 bits per heavy atom. The molecule has 19 heavy (non-hydrogen) atoms. The van der Waals surface area contributed by atoms with E-state index < -0.39 is 6.10 Å².